The van der Waals surface area contributed by atoms with Crippen molar-refractivity contribution in [3.05, 3.63) is 39.9 Å². The Hall–Kier alpha value is -1.11. The molecule has 1 aromatic rings. The minimum Gasteiger partial charge on any atom is -0.389 e. The number of aliphatic hydroxyl groups excluding tert-OH is 2. The summed E-state index contributed by atoms with van der Waals surface area (Å²) in [7, 11) is 0. The highest BCUT2D eigenvalue weighted by atomic mass is 32.1. The summed E-state index contributed by atoms with van der Waals surface area (Å²) >= 11 is 4.14. The van der Waals surface area contributed by atoms with E-state index >= 15 is 0 Å². The van der Waals surface area contributed by atoms with Gasteiger partial charge in [-0.3, -0.25) is 10.1 Å². The SMILES string of the molecule is O=[N+]([O-])C(CO)(CO)CCc1ccc(S)cc1. The summed E-state index contributed by atoms with van der Waals surface area (Å²) < 4.78 is 0. The van der Waals surface area contributed by atoms with Crippen LogP contribution < -0.4 is 0 Å². The topological polar surface area (TPSA) is 83.6 Å². The molecule has 0 radical (unpaired) electrons. The second kappa shape index (κ2) is 6.00. The molecule has 0 aromatic heterocycles. The van der Waals surface area contributed by atoms with E-state index in [-0.39, 0.29) is 6.42 Å². The van der Waals surface area contributed by atoms with E-state index in [2.05, 4.69) is 12.6 Å². The average molecular weight is 257 g/mol. The zero-order chi connectivity index (χ0) is 12.9. The van der Waals surface area contributed by atoms with Gasteiger partial charge in [-0.05, 0) is 24.1 Å². The number of aryl methyl sites for hydroxylation is 1. The molecule has 5 nitrogen and oxygen atoms in total. The van der Waals surface area contributed by atoms with E-state index in [1.807, 2.05) is 12.1 Å². The fourth-order valence-electron chi connectivity index (χ4n) is 1.45. The van der Waals surface area contributed by atoms with Gasteiger partial charge in [0.05, 0.1) is 0 Å². The number of rotatable bonds is 6. The van der Waals surface area contributed by atoms with Crippen LogP contribution in [0.1, 0.15) is 12.0 Å². The minimum absolute atomic E-state index is 0.0961. The van der Waals surface area contributed by atoms with E-state index in [9.17, 15) is 10.1 Å². The van der Waals surface area contributed by atoms with Crippen LogP contribution >= 0.6 is 12.6 Å². The van der Waals surface area contributed by atoms with Crippen LogP contribution in [0.3, 0.4) is 0 Å². The van der Waals surface area contributed by atoms with Crippen LogP contribution in [0.4, 0.5) is 0 Å². The summed E-state index contributed by atoms with van der Waals surface area (Å²) in [5.74, 6) is 0. The molecular weight excluding hydrogens is 242 g/mol. The molecule has 0 amide bonds. The first-order valence-electron chi connectivity index (χ1n) is 5.18. The van der Waals surface area contributed by atoms with Gasteiger partial charge in [0, 0.05) is 16.2 Å². The molecule has 1 rings (SSSR count). The lowest BCUT2D eigenvalue weighted by Gasteiger charge is -2.20. The van der Waals surface area contributed by atoms with Crippen LogP contribution in [-0.4, -0.2) is 33.9 Å². The molecule has 0 aliphatic heterocycles. The van der Waals surface area contributed by atoms with Crippen LogP contribution in [0.2, 0.25) is 0 Å². The maximum Gasteiger partial charge on any atom is 0.267 e. The van der Waals surface area contributed by atoms with Gasteiger partial charge in [0.2, 0.25) is 0 Å². The van der Waals surface area contributed by atoms with Gasteiger partial charge in [-0.15, -0.1) is 12.6 Å². The van der Waals surface area contributed by atoms with Gasteiger partial charge in [0.25, 0.3) is 5.54 Å². The van der Waals surface area contributed by atoms with E-state index in [0.717, 1.165) is 10.5 Å². The van der Waals surface area contributed by atoms with Crippen LogP contribution in [0, 0.1) is 10.1 Å². The molecule has 0 aliphatic carbocycles. The number of hydrogen-bond donors (Lipinski definition) is 3. The van der Waals surface area contributed by atoms with Crippen molar-refractivity contribution in [2.24, 2.45) is 0 Å². The van der Waals surface area contributed by atoms with E-state index in [0.29, 0.717) is 6.42 Å². The Morgan fingerprint density at radius 1 is 1.24 bits per heavy atom. The van der Waals surface area contributed by atoms with E-state index in [1.165, 1.54) is 0 Å². The van der Waals surface area contributed by atoms with Crippen molar-refractivity contribution in [1.29, 1.82) is 0 Å². The summed E-state index contributed by atoms with van der Waals surface area (Å²) in [5, 5.41) is 28.9. The molecule has 2 N–H and O–H groups in total. The second-order valence-electron chi connectivity index (χ2n) is 3.96. The van der Waals surface area contributed by atoms with Gasteiger partial charge >= 0.3 is 0 Å². The first-order valence-corrected chi connectivity index (χ1v) is 5.63. The fourth-order valence-corrected chi connectivity index (χ4v) is 1.60. The van der Waals surface area contributed by atoms with E-state index in [4.69, 9.17) is 10.2 Å². The summed E-state index contributed by atoms with van der Waals surface area (Å²) in [6, 6.07) is 7.23. The molecule has 0 bridgehead atoms. The lowest BCUT2D eigenvalue weighted by atomic mass is 9.93. The number of thiol groups is 1. The molecule has 0 heterocycles. The number of nitrogens with zero attached hydrogens (tertiary/aromatic N) is 1. The third-order valence-corrected chi connectivity index (χ3v) is 3.09. The molecule has 6 heteroatoms. The smallest absolute Gasteiger partial charge is 0.267 e. The predicted octanol–water partition coefficient (Wildman–Crippen LogP) is 0.908. The maximum atomic E-state index is 10.8. The quantitative estimate of drug-likeness (QED) is 0.402. The number of nitro groups is 1. The van der Waals surface area contributed by atoms with Gasteiger partial charge in [-0.25, -0.2) is 0 Å². The Bertz CT molecular complexity index is 376. The monoisotopic (exact) mass is 257 g/mol. The highest BCUT2D eigenvalue weighted by molar-refractivity contribution is 7.80. The molecule has 0 spiro atoms. The zero-order valence-electron chi connectivity index (χ0n) is 9.24. The standard InChI is InChI=1S/C11H15NO4S/c13-7-11(8-14,12(15)16)6-5-9-1-3-10(17)4-2-9/h1-4,13-14,17H,5-8H2. The Kier molecular flexibility index (Phi) is 4.92. The van der Waals surface area contributed by atoms with Gasteiger partial charge in [0.1, 0.15) is 13.2 Å². The maximum absolute atomic E-state index is 10.8. The van der Waals surface area contributed by atoms with Crippen LogP contribution in [0.5, 0.6) is 0 Å². The average Bonchev–Trinajstić information content (AvgIpc) is 2.33. The molecule has 0 atom stereocenters. The summed E-state index contributed by atoms with van der Waals surface area (Å²) in [6.45, 7) is -1.33. The predicted molar refractivity (Wildman–Crippen MR) is 65.9 cm³/mol. The molecule has 0 unspecified atom stereocenters. The van der Waals surface area contributed by atoms with Crippen molar-refractivity contribution in [3.63, 3.8) is 0 Å². The zero-order valence-corrected chi connectivity index (χ0v) is 10.1. The molecule has 17 heavy (non-hydrogen) atoms. The Labute approximate surface area is 105 Å². The van der Waals surface area contributed by atoms with Gasteiger partial charge in [0.15, 0.2) is 0 Å². The van der Waals surface area contributed by atoms with E-state index < -0.39 is 23.7 Å². The number of benzene rings is 1. The molecule has 1 aromatic carbocycles. The third kappa shape index (κ3) is 3.42. The number of aliphatic hydroxyl groups is 2. The van der Waals surface area contributed by atoms with Crippen LogP contribution in [-0.2, 0) is 6.42 Å². The number of hydrogen-bond acceptors (Lipinski definition) is 5. The lowest BCUT2D eigenvalue weighted by molar-refractivity contribution is -0.578. The van der Waals surface area contributed by atoms with Gasteiger partial charge in [-0.2, -0.15) is 0 Å². The lowest BCUT2D eigenvalue weighted by Crippen LogP contribution is -2.46. The molecule has 0 saturated carbocycles. The normalized spacial score (nSPS) is 11.5. The van der Waals surface area contributed by atoms with Gasteiger partial charge < -0.3 is 10.2 Å². The Balaban J connectivity index is 2.70. The molecular formula is C11H15NO4S. The summed E-state index contributed by atoms with van der Waals surface area (Å²) in [6.07, 6.45) is 0.523. The summed E-state index contributed by atoms with van der Waals surface area (Å²) in [4.78, 5) is 11.0. The highest BCUT2D eigenvalue weighted by Crippen LogP contribution is 2.18. The van der Waals surface area contributed by atoms with Crippen molar-refractivity contribution in [1.82, 2.24) is 0 Å². The van der Waals surface area contributed by atoms with Crippen molar-refractivity contribution < 1.29 is 15.1 Å². The Morgan fingerprint density at radius 3 is 2.18 bits per heavy atom. The second-order valence-corrected chi connectivity index (χ2v) is 4.48. The van der Waals surface area contributed by atoms with Crippen LogP contribution in [0.25, 0.3) is 0 Å². The third-order valence-electron chi connectivity index (χ3n) is 2.79. The molecule has 94 valence electrons. The summed E-state index contributed by atoms with van der Waals surface area (Å²) in [5.41, 5.74) is -0.740. The molecule has 0 fully saturated rings. The molecule has 0 saturated heterocycles. The van der Waals surface area contributed by atoms with E-state index in [1.54, 1.807) is 12.1 Å². The van der Waals surface area contributed by atoms with Crippen molar-refractivity contribution in [3.8, 4) is 0 Å². The van der Waals surface area contributed by atoms with Crippen molar-refractivity contribution in [2.75, 3.05) is 13.2 Å². The minimum atomic E-state index is -1.65. The molecule has 0 aliphatic rings. The van der Waals surface area contributed by atoms with Crippen molar-refractivity contribution >= 4 is 12.6 Å². The highest BCUT2D eigenvalue weighted by Gasteiger charge is 2.41. The largest absolute Gasteiger partial charge is 0.389 e. The van der Waals surface area contributed by atoms with Gasteiger partial charge in [-0.1, -0.05) is 12.1 Å². The first-order chi connectivity index (χ1) is 8.04. The van der Waals surface area contributed by atoms with Crippen LogP contribution in [0.15, 0.2) is 29.2 Å². The van der Waals surface area contributed by atoms with Crippen molar-refractivity contribution in [2.45, 2.75) is 23.3 Å². The Morgan fingerprint density at radius 2 is 1.76 bits per heavy atom. The first kappa shape index (κ1) is 14.0. The fraction of sp³-hybridized carbons (Fsp3) is 0.455.